The normalized spacial score (nSPS) is 11.7. The standard InChI is InChI=1S/C19H18ClN5O4S/c1-12(29-16-10-6-3-7-13(16)20)18-22-23-19(24(18)2)30-11-17(26)21-14-8-4-5-9-15(14)25(27)28/h3-10,12H,11H2,1-2H3,(H,21,26). The highest BCUT2D eigenvalue weighted by molar-refractivity contribution is 7.99. The molecule has 1 heterocycles. The van der Waals surface area contributed by atoms with Crippen molar-refractivity contribution in [2.24, 2.45) is 7.05 Å². The van der Waals surface area contributed by atoms with E-state index in [1.165, 1.54) is 18.2 Å². The van der Waals surface area contributed by atoms with E-state index in [-0.39, 0.29) is 23.0 Å². The zero-order chi connectivity index (χ0) is 21.7. The number of benzene rings is 2. The highest BCUT2D eigenvalue weighted by atomic mass is 35.5. The molecule has 2 aromatic carbocycles. The van der Waals surface area contributed by atoms with Gasteiger partial charge in [-0.3, -0.25) is 14.9 Å². The number of nitro groups is 1. The summed E-state index contributed by atoms with van der Waals surface area (Å²) in [7, 11) is 1.77. The summed E-state index contributed by atoms with van der Waals surface area (Å²) >= 11 is 7.29. The molecule has 3 rings (SSSR count). The minimum absolute atomic E-state index is 0.0117. The van der Waals surface area contributed by atoms with Gasteiger partial charge in [-0.25, -0.2) is 0 Å². The van der Waals surface area contributed by atoms with E-state index in [1.807, 2.05) is 19.1 Å². The fourth-order valence-electron chi connectivity index (χ4n) is 2.64. The first kappa shape index (κ1) is 21.6. The molecule has 0 fully saturated rings. The number of thioether (sulfide) groups is 1. The Balaban J connectivity index is 1.62. The Kier molecular flexibility index (Phi) is 6.91. The van der Waals surface area contributed by atoms with Crippen molar-refractivity contribution in [3.05, 3.63) is 69.5 Å². The Labute approximate surface area is 181 Å². The van der Waals surface area contributed by atoms with Crippen LogP contribution in [0.15, 0.2) is 53.7 Å². The molecule has 0 aliphatic rings. The predicted molar refractivity (Wildman–Crippen MR) is 114 cm³/mol. The van der Waals surface area contributed by atoms with Crippen LogP contribution in [0.25, 0.3) is 0 Å². The molecular weight excluding hydrogens is 430 g/mol. The quantitative estimate of drug-likeness (QED) is 0.312. The molecule has 3 aromatic rings. The van der Waals surface area contributed by atoms with Gasteiger partial charge < -0.3 is 14.6 Å². The summed E-state index contributed by atoms with van der Waals surface area (Å²) in [5.41, 5.74) is -0.0177. The van der Waals surface area contributed by atoms with Gasteiger partial charge in [-0.2, -0.15) is 0 Å². The molecule has 0 aliphatic heterocycles. The summed E-state index contributed by atoms with van der Waals surface area (Å²) in [4.78, 5) is 22.7. The maximum Gasteiger partial charge on any atom is 0.292 e. The van der Waals surface area contributed by atoms with Gasteiger partial charge in [0.15, 0.2) is 17.1 Å². The molecule has 1 amide bonds. The monoisotopic (exact) mass is 447 g/mol. The van der Waals surface area contributed by atoms with Crippen LogP contribution in [0.4, 0.5) is 11.4 Å². The molecule has 0 bridgehead atoms. The summed E-state index contributed by atoms with van der Waals surface area (Å²) in [6.45, 7) is 1.82. The number of rotatable bonds is 8. The van der Waals surface area contributed by atoms with E-state index in [0.717, 1.165) is 11.8 Å². The van der Waals surface area contributed by atoms with Gasteiger partial charge in [-0.15, -0.1) is 10.2 Å². The van der Waals surface area contributed by atoms with E-state index < -0.39 is 11.0 Å². The largest absolute Gasteiger partial charge is 0.481 e. The molecular formula is C19H18ClN5O4S. The number of aromatic nitrogens is 3. The molecule has 0 spiro atoms. The van der Waals surface area contributed by atoms with Crippen LogP contribution in [0, 0.1) is 10.1 Å². The number of carbonyl (C=O) groups excluding carboxylic acids is 1. The lowest BCUT2D eigenvalue weighted by Crippen LogP contribution is -2.15. The summed E-state index contributed by atoms with van der Waals surface area (Å²) in [5.74, 6) is 0.723. The molecule has 0 saturated heterocycles. The smallest absolute Gasteiger partial charge is 0.292 e. The first-order valence-electron chi connectivity index (χ1n) is 8.83. The molecule has 0 radical (unpaired) electrons. The molecule has 11 heteroatoms. The number of halogens is 1. The highest BCUT2D eigenvalue weighted by Gasteiger charge is 2.20. The van der Waals surface area contributed by atoms with Crippen LogP contribution in [0.3, 0.4) is 0 Å². The average Bonchev–Trinajstić information content (AvgIpc) is 3.09. The van der Waals surface area contributed by atoms with Crippen LogP contribution in [0.2, 0.25) is 5.02 Å². The summed E-state index contributed by atoms with van der Waals surface area (Å²) in [6, 6.07) is 13.1. The van der Waals surface area contributed by atoms with Gasteiger partial charge in [0.05, 0.1) is 15.7 Å². The fourth-order valence-corrected chi connectivity index (χ4v) is 3.54. The van der Waals surface area contributed by atoms with Crippen molar-refractivity contribution in [1.29, 1.82) is 0 Å². The molecule has 30 heavy (non-hydrogen) atoms. The van der Waals surface area contributed by atoms with Crippen molar-refractivity contribution in [2.45, 2.75) is 18.2 Å². The minimum atomic E-state index is -0.544. The number of anilines is 1. The third-order valence-corrected chi connectivity index (χ3v) is 5.41. The molecule has 156 valence electrons. The number of nitro benzene ring substituents is 1. The predicted octanol–water partition coefficient (Wildman–Crippen LogP) is 4.25. The van der Waals surface area contributed by atoms with Gasteiger partial charge >= 0.3 is 0 Å². The Morgan fingerprint density at radius 3 is 2.70 bits per heavy atom. The minimum Gasteiger partial charge on any atom is -0.481 e. The van der Waals surface area contributed by atoms with Gasteiger partial charge in [0.2, 0.25) is 5.91 Å². The van der Waals surface area contributed by atoms with Crippen molar-refractivity contribution in [2.75, 3.05) is 11.1 Å². The van der Waals surface area contributed by atoms with Gasteiger partial charge in [-0.1, -0.05) is 47.6 Å². The van der Waals surface area contributed by atoms with Gasteiger partial charge in [-0.05, 0) is 25.1 Å². The van der Waals surface area contributed by atoms with Crippen molar-refractivity contribution in [1.82, 2.24) is 14.8 Å². The highest BCUT2D eigenvalue weighted by Crippen LogP contribution is 2.29. The molecule has 1 aromatic heterocycles. The molecule has 1 N–H and O–H groups in total. The number of hydrogen-bond acceptors (Lipinski definition) is 7. The van der Waals surface area contributed by atoms with E-state index in [2.05, 4.69) is 15.5 Å². The first-order valence-corrected chi connectivity index (χ1v) is 10.2. The Hall–Kier alpha value is -3.11. The zero-order valence-corrected chi connectivity index (χ0v) is 17.7. The van der Waals surface area contributed by atoms with E-state index in [1.54, 1.807) is 29.8 Å². The number of ether oxygens (including phenoxy) is 1. The maximum absolute atomic E-state index is 12.2. The van der Waals surface area contributed by atoms with Crippen LogP contribution in [0.5, 0.6) is 5.75 Å². The summed E-state index contributed by atoms with van der Waals surface area (Å²) in [5, 5.41) is 22.9. The number of hydrogen-bond donors (Lipinski definition) is 1. The summed E-state index contributed by atoms with van der Waals surface area (Å²) in [6.07, 6.45) is -0.419. The number of carbonyl (C=O) groups is 1. The molecule has 9 nitrogen and oxygen atoms in total. The van der Waals surface area contributed by atoms with Crippen LogP contribution < -0.4 is 10.1 Å². The SMILES string of the molecule is CC(Oc1ccccc1Cl)c1nnc(SCC(=O)Nc2ccccc2[N+](=O)[O-])n1C. The third-order valence-electron chi connectivity index (χ3n) is 4.08. The van der Waals surface area contributed by atoms with Gasteiger partial charge in [0, 0.05) is 13.1 Å². The van der Waals surface area contributed by atoms with Crippen molar-refractivity contribution >= 4 is 40.6 Å². The van der Waals surface area contributed by atoms with E-state index in [4.69, 9.17) is 16.3 Å². The molecule has 1 unspecified atom stereocenters. The van der Waals surface area contributed by atoms with Gasteiger partial charge in [0.1, 0.15) is 11.4 Å². The summed E-state index contributed by atoms with van der Waals surface area (Å²) < 4.78 is 7.58. The van der Waals surface area contributed by atoms with E-state index in [9.17, 15) is 14.9 Å². The third kappa shape index (κ3) is 5.08. The molecule has 0 saturated carbocycles. The Morgan fingerprint density at radius 2 is 1.97 bits per heavy atom. The van der Waals surface area contributed by atoms with Gasteiger partial charge in [0.25, 0.3) is 5.69 Å². The number of amides is 1. The lowest BCUT2D eigenvalue weighted by Gasteiger charge is -2.15. The van der Waals surface area contributed by atoms with Crippen molar-refractivity contribution in [3.8, 4) is 5.75 Å². The van der Waals surface area contributed by atoms with Crippen LogP contribution in [-0.4, -0.2) is 31.3 Å². The average molecular weight is 448 g/mol. The molecule has 1 atom stereocenters. The fraction of sp³-hybridized carbons (Fsp3) is 0.211. The zero-order valence-electron chi connectivity index (χ0n) is 16.1. The van der Waals surface area contributed by atoms with E-state index >= 15 is 0 Å². The topological polar surface area (TPSA) is 112 Å². The Bertz CT molecular complexity index is 1070. The molecule has 0 aliphatic carbocycles. The van der Waals surface area contributed by atoms with Crippen molar-refractivity contribution in [3.63, 3.8) is 0 Å². The number of nitrogens with zero attached hydrogens (tertiary/aromatic N) is 4. The lowest BCUT2D eigenvalue weighted by atomic mass is 10.2. The maximum atomic E-state index is 12.2. The lowest BCUT2D eigenvalue weighted by molar-refractivity contribution is -0.383. The van der Waals surface area contributed by atoms with Crippen LogP contribution in [-0.2, 0) is 11.8 Å². The van der Waals surface area contributed by atoms with E-state index in [0.29, 0.717) is 21.8 Å². The number of para-hydroxylation sites is 3. The van der Waals surface area contributed by atoms with Crippen LogP contribution >= 0.6 is 23.4 Å². The Morgan fingerprint density at radius 1 is 1.27 bits per heavy atom. The second kappa shape index (κ2) is 9.59. The second-order valence-electron chi connectivity index (χ2n) is 6.20. The van der Waals surface area contributed by atoms with Crippen LogP contribution in [0.1, 0.15) is 18.9 Å². The van der Waals surface area contributed by atoms with Crippen molar-refractivity contribution < 1.29 is 14.5 Å². The number of nitrogens with one attached hydrogen (secondary N) is 1. The second-order valence-corrected chi connectivity index (χ2v) is 7.55. The first-order chi connectivity index (χ1) is 14.4.